The van der Waals surface area contributed by atoms with Gasteiger partial charge in [-0.1, -0.05) is 11.6 Å². The molecule has 0 atom stereocenters. The van der Waals surface area contributed by atoms with Crippen LogP contribution < -0.4 is 10.0 Å². The predicted octanol–water partition coefficient (Wildman–Crippen LogP) is 2.92. The number of carbonyl (C=O) groups excluding carboxylic acids is 1. The highest BCUT2D eigenvalue weighted by molar-refractivity contribution is 7.92. The molecule has 31 heavy (non-hydrogen) atoms. The van der Waals surface area contributed by atoms with Crippen LogP contribution in [0.1, 0.15) is 21.7 Å². The molecule has 164 valence electrons. The highest BCUT2D eigenvalue weighted by Crippen LogP contribution is 2.24. The van der Waals surface area contributed by atoms with Crippen molar-refractivity contribution >= 4 is 38.9 Å². The van der Waals surface area contributed by atoms with Crippen LogP contribution in [0.3, 0.4) is 0 Å². The topological polar surface area (TPSA) is 124 Å². The Bertz CT molecular complexity index is 1220. The van der Waals surface area contributed by atoms with E-state index >= 15 is 0 Å². The summed E-state index contributed by atoms with van der Waals surface area (Å²) in [5.41, 5.74) is 1.06. The zero-order valence-electron chi connectivity index (χ0n) is 15.8. The van der Waals surface area contributed by atoms with Crippen molar-refractivity contribution in [2.24, 2.45) is 0 Å². The van der Waals surface area contributed by atoms with Crippen LogP contribution in [0.5, 0.6) is 0 Å². The monoisotopic (exact) mass is 470 g/mol. The van der Waals surface area contributed by atoms with E-state index in [1.807, 2.05) is 0 Å². The second-order valence-electron chi connectivity index (χ2n) is 6.50. The zero-order chi connectivity index (χ0) is 22.6. The maximum Gasteiger partial charge on any atom is 0.257 e. The molecule has 8 nitrogen and oxygen atoms in total. The summed E-state index contributed by atoms with van der Waals surface area (Å²) in [5, 5.41) is 11.6. The van der Waals surface area contributed by atoms with E-state index in [0.29, 0.717) is 5.69 Å². The van der Waals surface area contributed by atoms with E-state index in [9.17, 15) is 22.0 Å². The van der Waals surface area contributed by atoms with Gasteiger partial charge in [-0.05, 0) is 24.3 Å². The van der Waals surface area contributed by atoms with Gasteiger partial charge in [0.15, 0.2) is 0 Å². The number of hydrogen-bond donors (Lipinski definition) is 4. The minimum absolute atomic E-state index is 0.0184. The summed E-state index contributed by atoms with van der Waals surface area (Å²) in [6.07, 6.45) is 2.33. The summed E-state index contributed by atoms with van der Waals surface area (Å²) in [7, 11) is -3.77. The van der Waals surface area contributed by atoms with Gasteiger partial charge < -0.3 is 15.4 Å². The van der Waals surface area contributed by atoms with Crippen LogP contribution in [-0.4, -0.2) is 41.8 Å². The molecule has 12 heteroatoms. The first-order chi connectivity index (χ1) is 14.6. The number of H-pyrrole nitrogens is 1. The molecule has 3 aromatic rings. The lowest BCUT2D eigenvalue weighted by molar-refractivity contribution is 0.102. The van der Waals surface area contributed by atoms with Crippen molar-refractivity contribution in [3.8, 4) is 0 Å². The van der Waals surface area contributed by atoms with Gasteiger partial charge in [0, 0.05) is 35.1 Å². The number of aliphatic hydroxyl groups excluding tert-OH is 1. The molecule has 3 rings (SSSR count). The van der Waals surface area contributed by atoms with Gasteiger partial charge in [0.25, 0.3) is 5.91 Å². The van der Waals surface area contributed by atoms with E-state index in [1.165, 1.54) is 30.5 Å². The second-order valence-corrected chi connectivity index (χ2v) is 8.78. The number of aromatic nitrogens is 2. The molecule has 0 bridgehead atoms. The molecule has 0 aliphatic heterocycles. The molecule has 0 unspecified atom stereocenters. The summed E-state index contributed by atoms with van der Waals surface area (Å²) >= 11 is 5.99. The third-order valence-corrected chi connectivity index (χ3v) is 5.52. The largest absolute Gasteiger partial charge is 0.395 e. The Balaban J connectivity index is 1.72. The number of hydrogen-bond acceptors (Lipinski definition) is 5. The van der Waals surface area contributed by atoms with Gasteiger partial charge in [0.1, 0.15) is 11.6 Å². The normalized spacial score (nSPS) is 11.4. The summed E-state index contributed by atoms with van der Waals surface area (Å²) in [6, 6.07) is 6.35. The van der Waals surface area contributed by atoms with Gasteiger partial charge in [-0.25, -0.2) is 17.2 Å². The Morgan fingerprint density at radius 2 is 1.90 bits per heavy atom. The number of pyridine rings is 1. The van der Waals surface area contributed by atoms with Crippen LogP contribution in [0.4, 0.5) is 20.2 Å². The number of rotatable bonds is 8. The van der Waals surface area contributed by atoms with E-state index in [-0.39, 0.29) is 34.1 Å². The number of halogens is 3. The Morgan fingerprint density at radius 1 is 1.16 bits per heavy atom. The highest BCUT2D eigenvalue weighted by atomic mass is 35.5. The summed E-state index contributed by atoms with van der Waals surface area (Å²) in [6.45, 7) is -0.549. The van der Waals surface area contributed by atoms with Crippen molar-refractivity contribution in [2.75, 3.05) is 22.4 Å². The molecule has 0 saturated carbocycles. The Labute approximate surface area is 181 Å². The van der Waals surface area contributed by atoms with Gasteiger partial charge in [-0.3, -0.25) is 14.5 Å². The first-order valence-corrected chi connectivity index (χ1v) is 10.9. The molecule has 1 aromatic carbocycles. The molecule has 0 aliphatic rings. The van der Waals surface area contributed by atoms with Crippen LogP contribution in [0, 0.1) is 11.6 Å². The maximum atomic E-state index is 13.8. The molecular weight excluding hydrogens is 454 g/mol. The van der Waals surface area contributed by atoms with E-state index in [4.69, 9.17) is 16.7 Å². The zero-order valence-corrected chi connectivity index (χ0v) is 17.4. The Hall–Kier alpha value is -3.02. The number of benzene rings is 1. The first-order valence-electron chi connectivity index (χ1n) is 8.86. The van der Waals surface area contributed by atoms with Gasteiger partial charge in [0.2, 0.25) is 10.0 Å². The third kappa shape index (κ3) is 6.23. The van der Waals surface area contributed by atoms with E-state index < -0.39 is 39.9 Å². The fraction of sp³-hybridized carbons (Fsp3) is 0.158. The number of anilines is 2. The van der Waals surface area contributed by atoms with Crippen LogP contribution in [0.15, 0.2) is 42.7 Å². The van der Waals surface area contributed by atoms with Crippen molar-refractivity contribution < 1.29 is 27.1 Å². The lowest BCUT2D eigenvalue weighted by Gasteiger charge is -2.10. The van der Waals surface area contributed by atoms with Crippen molar-refractivity contribution in [3.05, 3.63) is 76.3 Å². The molecule has 0 saturated heterocycles. The fourth-order valence-corrected chi connectivity index (χ4v) is 3.76. The fourth-order valence-electron chi connectivity index (χ4n) is 2.70. The number of aromatic amines is 1. The lowest BCUT2D eigenvalue weighted by atomic mass is 10.2. The minimum atomic E-state index is -3.77. The summed E-state index contributed by atoms with van der Waals surface area (Å²) in [5.74, 6) is -2.60. The standard InChI is InChI=1S/C19H17ClF2N4O4S/c20-12-4-15(7-16(5-12)26-31(29,30)2-1-27)25-19(28)11-3-14(23-9-11)8-18-17(22)6-13(21)10-24-18/h3-7,9-10,23,26-27H,1-2,8H2,(H,25,28). The summed E-state index contributed by atoms with van der Waals surface area (Å²) < 4.78 is 52.6. The average Bonchev–Trinajstić information content (AvgIpc) is 3.12. The quantitative estimate of drug-likeness (QED) is 0.403. The number of amides is 1. The molecule has 0 radical (unpaired) electrons. The average molecular weight is 471 g/mol. The minimum Gasteiger partial charge on any atom is -0.395 e. The third-order valence-electron chi connectivity index (χ3n) is 4.04. The van der Waals surface area contributed by atoms with Crippen LogP contribution >= 0.6 is 11.6 Å². The van der Waals surface area contributed by atoms with E-state index in [0.717, 1.165) is 12.3 Å². The van der Waals surface area contributed by atoms with Crippen LogP contribution in [0.2, 0.25) is 5.02 Å². The van der Waals surface area contributed by atoms with Crippen molar-refractivity contribution in [2.45, 2.75) is 6.42 Å². The molecule has 0 aliphatic carbocycles. The van der Waals surface area contributed by atoms with Gasteiger partial charge in [-0.2, -0.15) is 0 Å². The first kappa shape index (κ1) is 22.7. The highest BCUT2D eigenvalue weighted by Gasteiger charge is 2.14. The maximum absolute atomic E-state index is 13.8. The van der Waals surface area contributed by atoms with Crippen LogP contribution in [0.25, 0.3) is 0 Å². The summed E-state index contributed by atoms with van der Waals surface area (Å²) in [4.78, 5) is 19.0. The molecule has 4 N–H and O–H groups in total. The Kier molecular flexibility index (Phi) is 6.88. The smallest absolute Gasteiger partial charge is 0.257 e. The molecule has 2 aromatic heterocycles. The van der Waals surface area contributed by atoms with E-state index in [2.05, 4.69) is 20.0 Å². The number of nitrogens with zero attached hydrogens (tertiary/aromatic N) is 1. The van der Waals surface area contributed by atoms with Gasteiger partial charge in [0.05, 0.1) is 35.5 Å². The van der Waals surface area contributed by atoms with Gasteiger partial charge >= 0.3 is 0 Å². The molecule has 2 heterocycles. The van der Waals surface area contributed by atoms with Crippen molar-refractivity contribution in [1.82, 2.24) is 9.97 Å². The molecular formula is C19H17ClF2N4O4S. The number of aliphatic hydroxyl groups is 1. The van der Waals surface area contributed by atoms with Crippen LogP contribution in [-0.2, 0) is 16.4 Å². The molecule has 0 spiro atoms. The lowest BCUT2D eigenvalue weighted by Crippen LogP contribution is -2.19. The number of carbonyl (C=O) groups is 1. The van der Waals surface area contributed by atoms with Gasteiger partial charge in [-0.15, -0.1) is 0 Å². The number of nitrogens with one attached hydrogen (secondary N) is 3. The van der Waals surface area contributed by atoms with E-state index in [1.54, 1.807) is 0 Å². The SMILES string of the molecule is O=C(Nc1cc(Cl)cc(NS(=O)(=O)CCO)c1)c1c[nH]c(Cc2ncc(F)cc2F)c1. The number of sulfonamides is 1. The molecule has 0 fully saturated rings. The molecule has 1 amide bonds. The second kappa shape index (κ2) is 9.41. The van der Waals surface area contributed by atoms with Crippen molar-refractivity contribution in [3.63, 3.8) is 0 Å². The van der Waals surface area contributed by atoms with Crippen molar-refractivity contribution in [1.29, 1.82) is 0 Å². The Morgan fingerprint density at radius 3 is 2.61 bits per heavy atom. The predicted molar refractivity (Wildman–Crippen MR) is 112 cm³/mol.